The largest absolute Gasteiger partial charge is 0.302 e. The first-order chi connectivity index (χ1) is 14.2. The van der Waals surface area contributed by atoms with Crippen molar-refractivity contribution >= 4 is 54.8 Å². The summed E-state index contributed by atoms with van der Waals surface area (Å²) in [6, 6.07) is 10.5. The Bertz CT molecular complexity index is 1160. The van der Waals surface area contributed by atoms with Crippen molar-refractivity contribution in [2.24, 2.45) is 0 Å². The highest BCUT2D eigenvalue weighted by atomic mass is 35.5. The van der Waals surface area contributed by atoms with E-state index < -0.39 is 15.7 Å². The van der Waals surface area contributed by atoms with Gasteiger partial charge in [0.05, 0.1) is 9.60 Å². The summed E-state index contributed by atoms with van der Waals surface area (Å²) in [5, 5.41) is 0.391. The van der Waals surface area contributed by atoms with E-state index in [-0.39, 0.29) is 28.8 Å². The molecule has 0 radical (unpaired) electrons. The Labute approximate surface area is 192 Å². The van der Waals surface area contributed by atoms with Crippen molar-refractivity contribution in [2.75, 3.05) is 37.3 Å². The quantitative estimate of drug-likeness (QED) is 0.477. The minimum Gasteiger partial charge on any atom is -0.302 e. The predicted octanol–water partition coefficient (Wildman–Crippen LogP) is 4.25. The Balaban J connectivity index is 0.00000341. The maximum absolute atomic E-state index is 13.7. The zero-order valence-corrected chi connectivity index (χ0v) is 20.0. The molecule has 0 bridgehead atoms. The number of sulfone groups is 1. The molecule has 3 aromatic rings. The average molecular weight is 486 g/mol. The van der Waals surface area contributed by atoms with Crippen molar-refractivity contribution in [3.8, 4) is 0 Å². The maximum atomic E-state index is 13.7. The minimum atomic E-state index is -3.47. The van der Waals surface area contributed by atoms with Crippen LogP contribution in [0.3, 0.4) is 0 Å². The first-order valence-electron chi connectivity index (χ1n) is 9.64. The van der Waals surface area contributed by atoms with Gasteiger partial charge in [0, 0.05) is 24.9 Å². The molecule has 0 aliphatic rings. The molecule has 168 valence electrons. The molecule has 10 heteroatoms. The van der Waals surface area contributed by atoms with E-state index in [0.717, 1.165) is 19.3 Å². The van der Waals surface area contributed by atoms with Crippen LogP contribution in [0.1, 0.15) is 24.2 Å². The molecule has 1 heterocycles. The predicted molar refractivity (Wildman–Crippen MR) is 126 cm³/mol. The molecule has 0 atom stereocenters. The fraction of sp³-hybridized carbons (Fsp3) is 0.333. The topological polar surface area (TPSA) is 70.6 Å². The fourth-order valence-electron chi connectivity index (χ4n) is 3.17. The number of hydrogen-bond donors (Lipinski definition) is 0. The Morgan fingerprint density at radius 3 is 2.39 bits per heavy atom. The number of likely N-dealkylation sites (N-methyl/N-ethyl adjacent to an activating group) is 1. The molecule has 6 nitrogen and oxygen atoms in total. The van der Waals surface area contributed by atoms with E-state index in [1.807, 2.05) is 13.8 Å². The average Bonchev–Trinajstić information content (AvgIpc) is 3.14. The van der Waals surface area contributed by atoms with Gasteiger partial charge < -0.3 is 4.90 Å². The lowest BCUT2D eigenvalue weighted by atomic mass is 10.2. The third kappa shape index (κ3) is 5.79. The van der Waals surface area contributed by atoms with Crippen molar-refractivity contribution in [3.05, 3.63) is 53.8 Å². The van der Waals surface area contributed by atoms with Crippen LogP contribution in [0, 0.1) is 5.82 Å². The molecular formula is C21H25ClFN3O3S2. The van der Waals surface area contributed by atoms with E-state index in [2.05, 4.69) is 9.88 Å². The molecule has 1 amide bonds. The van der Waals surface area contributed by atoms with Crippen LogP contribution >= 0.6 is 23.7 Å². The smallest absolute Gasteiger partial charge is 0.260 e. The number of halogens is 2. The summed E-state index contributed by atoms with van der Waals surface area (Å²) >= 11 is 1.25. The number of anilines is 1. The molecule has 0 N–H and O–H groups in total. The number of nitrogens with zero attached hydrogens (tertiary/aromatic N) is 3. The van der Waals surface area contributed by atoms with Crippen molar-refractivity contribution in [1.82, 2.24) is 9.88 Å². The Kier molecular flexibility index (Phi) is 8.53. The van der Waals surface area contributed by atoms with E-state index in [1.54, 1.807) is 18.2 Å². The van der Waals surface area contributed by atoms with E-state index in [0.29, 0.717) is 28.4 Å². The summed E-state index contributed by atoms with van der Waals surface area (Å²) in [7, 11) is -3.47. The van der Waals surface area contributed by atoms with Crippen molar-refractivity contribution < 1.29 is 17.6 Å². The molecule has 31 heavy (non-hydrogen) atoms. The molecule has 0 aliphatic carbocycles. The molecule has 2 aromatic carbocycles. The number of thiazole rings is 1. The molecule has 0 saturated heterocycles. The van der Waals surface area contributed by atoms with E-state index in [9.17, 15) is 17.6 Å². The second-order valence-electron chi connectivity index (χ2n) is 6.87. The van der Waals surface area contributed by atoms with Gasteiger partial charge >= 0.3 is 0 Å². The molecule has 0 spiro atoms. The van der Waals surface area contributed by atoms with Crippen molar-refractivity contribution in [3.63, 3.8) is 0 Å². The summed E-state index contributed by atoms with van der Waals surface area (Å²) in [5.41, 5.74) is 0.567. The van der Waals surface area contributed by atoms with Gasteiger partial charge in [-0.15, -0.1) is 12.4 Å². The summed E-state index contributed by atoms with van der Waals surface area (Å²) in [6.45, 7) is 6.71. The van der Waals surface area contributed by atoms with Crippen LogP contribution < -0.4 is 4.90 Å². The lowest BCUT2D eigenvalue weighted by molar-refractivity contribution is 0.0983. The number of para-hydroxylation sites is 1. The number of carbonyl (C=O) groups excluding carboxylic acids is 1. The third-order valence-corrected chi connectivity index (χ3v) is 7.02. The second-order valence-corrected chi connectivity index (χ2v) is 9.86. The second kappa shape index (κ2) is 10.5. The number of carbonyl (C=O) groups is 1. The van der Waals surface area contributed by atoms with Gasteiger partial charge in [-0.3, -0.25) is 9.69 Å². The molecule has 0 saturated carbocycles. The Hall–Kier alpha value is -2.07. The number of benzene rings is 2. The van der Waals surface area contributed by atoms with Crippen LogP contribution in [-0.2, 0) is 9.84 Å². The van der Waals surface area contributed by atoms with Gasteiger partial charge in [0.25, 0.3) is 5.91 Å². The maximum Gasteiger partial charge on any atom is 0.260 e. The highest BCUT2D eigenvalue weighted by molar-refractivity contribution is 7.91. The standard InChI is InChI=1S/C21H24FN3O3S2.ClH/c1-4-24(5-2)12-13-25(20(26)15-8-6-9-16(22)14-15)21-23-19-17(29-21)10-7-11-18(19)30(3,27)28;/h6-11,14H,4-5,12-13H2,1-3H3;1H. The number of aromatic nitrogens is 1. The molecule has 0 aliphatic heterocycles. The fourth-order valence-corrected chi connectivity index (χ4v) is 5.08. The van der Waals surface area contributed by atoms with Crippen LogP contribution in [0.5, 0.6) is 0 Å². The van der Waals surface area contributed by atoms with E-state index in [1.165, 1.54) is 40.5 Å². The Morgan fingerprint density at radius 1 is 1.10 bits per heavy atom. The molecule has 0 unspecified atom stereocenters. The van der Waals surface area contributed by atoms with Gasteiger partial charge in [0.1, 0.15) is 11.3 Å². The molecule has 3 rings (SSSR count). The van der Waals surface area contributed by atoms with Crippen LogP contribution in [0.15, 0.2) is 47.4 Å². The molecule has 1 aromatic heterocycles. The Morgan fingerprint density at radius 2 is 1.77 bits per heavy atom. The summed E-state index contributed by atoms with van der Waals surface area (Å²) in [4.78, 5) is 21.5. The van der Waals surface area contributed by atoms with Gasteiger partial charge in [0.2, 0.25) is 0 Å². The first-order valence-corrected chi connectivity index (χ1v) is 12.3. The van der Waals surface area contributed by atoms with Gasteiger partial charge in [-0.2, -0.15) is 0 Å². The number of amides is 1. The van der Waals surface area contributed by atoms with Crippen LogP contribution in [0.25, 0.3) is 10.2 Å². The van der Waals surface area contributed by atoms with Gasteiger partial charge in [-0.05, 0) is 43.4 Å². The van der Waals surface area contributed by atoms with Crippen molar-refractivity contribution in [1.29, 1.82) is 0 Å². The SMILES string of the molecule is CCN(CC)CCN(C(=O)c1cccc(F)c1)c1nc2c(S(C)(=O)=O)cccc2s1.Cl. The summed E-state index contributed by atoms with van der Waals surface area (Å²) in [5.74, 6) is -0.866. The minimum absolute atomic E-state index is 0. The summed E-state index contributed by atoms with van der Waals surface area (Å²) < 4.78 is 38.7. The van der Waals surface area contributed by atoms with Crippen LogP contribution in [0.4, 0.5) is 9.52 Å². The third-order valence-electron chi connectivity index (χ3n) is 4.85. The normalized spacial score (nSPS) is 11.5. The van der Waals surface area contributed by atoms with Crippen LogP contribution in [0.2, 0.25) is 0 Å². The number of rotatable bonds is 8. The lowest BCUT2D eigenvalue weighted by Gasteiger charge is -2.24. The van der Waals surface area contributed by atoms with Crippen molar-refractivity contribution in [2.45, 2.75) is 18.7 Å². The summed E-state index contributed by atoms with van der Waals surface area (Å²) in [6.07, 6.45) is 1.14. The van der Waals surface area contributed by atoms with Gasteiger partial charge in [-0.1, -0.05) is 37.3 Å². The van der Waals surface area contributed by atoms with Gasteiger partial charge in [-0.25, -0.2) is 17.8 Å². The van der Waals surface area contributed by atoms with E-state index >= 15 is 0 Å². The highest BCUT2D eigenvalue weighted by Gasteiger charge is 2.24. The zero-order chi connectivity index (χ0) is 21.9. The lowest BCUT2D eigenvalue weighted by Crippen LogP contribution is -2.38. The molecule has 0 fully saturated rings. The monoisotopic (exact) mass is 485 g/mol. The number of hydrogen-bond acceptors (Lipinski definition) is 6. The number of fused-ring (bicyclic) bond motifs is 1. The first kappa shape index (κ1) is 25.2. The van der Waals surface area contributed by atoms with Crippen LogP contribution in [-0.4, -0.2) is 56.6 Å². The zero-order valence-electron chi connectivity index (χ0n) is 17.5. The molecular weight excluding hydrogens is 461 g/mol. The highest BCUT2D eigenvalue weighted by Crippen LogP contribution is 2.33. The van der Waals surface area contributed by atoms with E-state index in [4.69, 9.17) is 0 Å². The van der Waals surface area contributed by atoms with Gasteiger partial charge in [0.15, 0.2) is 15.0 Å².